The molecule has 0 saturated carbocycles. The Hall–Kier alpha value is -2.69. The quantitative estimate of drug-likeness (QED) is 0.510. The molecule has 1 amide bonds. The second kappa shape index (κ2) is 7.38. The standard InChI is InChI=1S/C17H12ClFN6OS2/c1-8-15(28-17(20-8)13-5-6-14(18)27-13)16(26)21-10-3-4-11(19)12(7-10)25-9(2)22-23-24-25/h3-7H,1-2H3,(H,21,26). The number of thiazole rings is 1. The Morgan fingerprint density at radius 3 is 2.71 bits per heavy atom. The van der Waals surface area contributed by atoms with Crippen LogP contribution in [0.5, 0.6) is 0 Å². The summed E-state index contributed by atoms with van der Waals surface area (Å²) in [5.41, 5.74) is 1.18. The van der Waals surface area contributed by atoms with E-state index in [0.717, 1.165) is 9.88 Å². The lowest BCUT2D eigenvalue weighted by atomic mass is 10.2. The number of nitrogens with one attached hydrogen (secondary N) is 1. The molecule has 4 rings (SSSR count). The first-order valence-corrected chi connectivity index (χ1v) is 10.0. The molecule has 7 nitrogen and oxygen atoms in total. The van der Waals surface area contributed by atoms with Crippen molar-refractivity contribution in [1.82, 2.24) is 25.2 Å². The summed E-state index contributed by atoms with van der Waals surface area (Å²) >= 11 is 8.66. The maximum Gasteiger partial charge on any atom is 0.267 e. The lowest BCUT2D eigenvalue weighted by Gasteiger charge is -2.08. The van der Waals surface area contributed by atoms with Crippen molar-refractivity contribution < 1.29 is 9.18 Å². The van der Waals surface area contributed by atoms with Crippen molar-refractivity contribution in [2.24, 2.45) is 0 Å². The van der Waals surface area contributed by atoms with E-state index in [-0.39, 0.29) is 11.6 Å². The fourth-order valence-corrected chi connectivity index (χ4v) is 4.60. The van der Waals surface area contributed by atoms with E-state index < -0.39 is 5.82 Å². The van der Waals surface area contributed by atoms with Gasteiger partial charge in [0.15, 0.2) is 5.82 Å². The number of nitrogens with zero attached hydrogens (tertiary/aromatic N) is 5. The third-order valence-corrected chi connectivity index (χ3v) is 6.40. The number of benzene rings is 1. The van der Waals surface area contributed by atoms with Crippen LogP contribution in [-0.4, -0.2) is 31.1 Å². The maximum absolute atomic E-state index is 14.2. The van der Waals surface area contributed by atoms with Gasteiger partial charge in [-0.15, -0.1) is 27.8 Å². The number of halogens is 2. The summed E-state index contributed by atoms with van der Waals surface area (Å²) in [7, 11) is 0. The van der Waals surface area contributed by atoms with Crippen LogP contribution in [0.1, 0.15) is 21.2 Å². The first kappa shape index (κ1) is 18.7. The third-order valence-electron chi connectivity index (χ3n) is 3.84. The number of rotatable bonds is 4. The predicted octanol–water partition coefficient (Wildman–Crippen LogP) is 4.51. The number of carbonyl (C=O) groups is 1. The maximum atomic E-state index is 14.2. The Morgan fingerprint density at radius 1 is 1.21 bits per heavy atom. The second-order valence-corrected chi connectivity index (χ2v) is 8.51. The molecule has 0 fully saturated rings. The van der Waals surface area contributed by atoms with Gasteiger partial charge in [0, 0.05) is 5.69 Å². The molecule has 1 aromatic carbocycles. The Labute approximate surface area is 171 Å². The van der Waals surface area contributed by atoms with Crippen molar-refractivity contribution in [3.8, 4) is 15.6 Å². The van der Waals surface area contributed by atoms with Crippen molar-refractivity contribution in [2.45, 2.75) is 13.8 Å². The van der Waals surface area contributed by atoms with Gasteiger partial charge in [-0.05, 0) is 54.6 Å². The summed E-state index contributed by atoms with van der Waals surface area (Å²) in [4.78, 5) is 18.6. The smallest absolute Gasteiger partial charge is 0.267 e. The van der Waals surface area contributed by atoms with Gasteiger partial charge in [-0.1, -0.05) is 11.6 Å². The van der Waals surface area contributed by atoms with Crippen molar-refractivity contribution in [3.05, 3.63) is 56.9 Å². The number of hydrogen-bond donors (Lipinski definition) is 1. The molecule has 0 atom stereocenters. The van der Waals surface area contributed by atoms with Gasteiger partial charge < -0.3 is 5.32 Å². The van der Waals surface area contributed by atoms with Crippen LogP contribution in [0.2, 0.25) is 4.34 Å². The minimum atomic E-state index is -0.501. The van der Waals surface area contributed by atoms with E-state index >= 15 is 0 Å². The number of anilines is 1. The van der Waals surface area contributed by atoms with Crippen molar-refractivity contribution in [2.75, 3.05) is 5.32 Å². The molecule has 0 bridgehead atoms. The molecular weight excluding hydrogens is 423 g/mol. The minimum Gasteiger partial charge on any atom is -0.321 e. The van der Waals surface area contributed by atoms with Crippen LogP contribution in [0.25, 0.3) is 15.6 Å². The van der Waals surface area contributed by atoms with Crippen LogP contribution < -0.4 is 5.32 Å². The van der Waals surface area contributed by atoms with Gasteiger partial charge in [0.2, 0.25) is 0 Å². The molecule has 0 spiro atoms. The number of aryl methyl sites for hydroxylation is 2. The summed E-state index contributed by atoms with van der Waals surface area (Å²) in [5, 5.41) is 14.5. The van der Waals surface area contributed by atoms with Gasteiger partial charge in [-0.25, -0.2) is 9.37 Å². The largest absolute Gasteiger partial charge is 0.321 e. The van der Waals surface area contributed by atoms with Crippen LogP contribution in [0.4, 0.5) is 10.1 Å². The Bertz CT molecular complexity index is 1180. The van der Waals surface area contributed by atoms with Gasteiger partial charge in [0.25, 0.3) is 5.91 Å². The average molecular weight is 435 g/mol. The molecule has 28 heavy (non-hydrogen) atoms. The van der Waals surface area contributed by atoms with Crippen molar-refractivity contribution in [1.29, 1.82) is 0 Å². The zero-order valence-electron chi connectivity index (χ0n) is 14.6. The number of hydrogen-bond acceptors (Lipinski definition) is 7. The van der Waals surface area contributed by atoms with E-state index in [1.165, 1.54) is 45.6 Å². The van der Waals surface area contributed by atoms with E-state index in [9.17, 15) is 9.18 Å². The second-order valence-electron chi connectivity index (χ2n) is 5.80. The molecule has 1 N–H and O–H groups in total. The molecule has 0 aliphatic rings. The first-order chi connectivity index (χ1) is 13.4. The summed E-state index contributed by atoms with van der Waals surface area (Å²) in [5.74, 6) is -0.394. The van der Waals surface area contributed by atoms with Crippen LogP contribution in [0.15, 0.2) is 30.3 Å². The van der Waals surface area contributed by atoms with Gasteiger partial charge in [-0.3, -0.25) is 4.79 Å². The highest BCUT2D eigenvalue weighted by Gasteiger charge is 2.18. The topological polar surface area (TPSA) is 85.6 Å². The number of aromatic nitrogens is 5. The van der Waals surface area contributed by atoms with E-state index in [1.807, 2.05) is 6.07 Å². The van der Waals surface area contributed by atoms with Gasteiger partial charge >= 0.3 is 0 Å². The fourth-order valence-electron chi connectivity index (χ4n) is 2.54. The van der Waals surface area contributed by atoms with Crippen LogP contribution in [0.3, 0.4) is 0 Å². The molecule has 0 radical (unpaired) electrons. The highest BCUT2D eigenvalue weighted by molar-refractivity contribution is 7.24. The van der Waals surface area contributed by atoms with E-state index in [2.05, 4.69) is 25.8 Å². The van der Waals surface area contributed by atoms with Gasteiger partial charge in [-0.2, -0.15) is 4.68 Å². The monoisotopic (exact) mass is 434 g/mol. The number of tetrazole rings is 1. The van der Waals surface area contributed by atoms with Crippen molar-refractivity contribution in [3.63, 3.8) is 0 Å². The number of thiophene rings is 1. The van der Waals surface area contributed by atoms with E-state index in [4.69, 9.17) is 11.6 Å². The highest BCUT2D eigenvalue weighted by atomic mass is 35.5. The first-order valence-electron chi connectivity index (χ1n) is 8.02. The molecule has 0 aliphatic heterocycles. The summed E-state index contributed by atoms with van der Waals surface area (Å²) < 4.78 is 16.1. The molecule has 4 aromatic rings. The Balaban J connectivity index is 1.61. The van der Waals surface area contributed by atoms with E-state index in [0.29, 0.717) is 26.4 Å². The molecule has 11 heteroatoms. The number of amides is 1. The minimum absolute atomic E-state index is 0.148. The van der Waals surface area contributed by atoms with Crippen molar-refractivity contribution >= 4 is 45.9 Å². The molecule has 0 saturated heterocycles. The van der Waals surface area contributed by atoms with E-state index in [1.54, 1.807) is 19.9 Å². The summed E-state index contributed by atoms with van der Waals surface area (Å²) in [6.07, 6.45) is 0. The highest BCUT2D eigenvalue weighted by Crippen LogP contribution is 2.35. The Kier molecular flexibility index (Phi) is 4.92. The molecule has 3 aromatic heterocycles. The van der Waals surface area contributed by atoms with Crippen LogP contribution in [-0.2, 0) is 0 Å². The number of carbonyl (C=O) groups excluding carboxylic acids is 1. The van der Waals surface area contributed by atoms with Gasteiger partial charge in [0.05, 0.1) is 14.9 Å². The van der Waals surface area contributed by atoms with Crippen LogP contribution in [0, 0.1) is 19.7 Å². The molecule has 0 unspecified atom stereocenters. The lowest BCUT2D eigenvalue weighted by molar-refractivity contribution is 0.103. The molecule has 0 aliphatic carbocycles. The van der Waals surface area contributed by atoms with Gasteiger partial charge in [0.1, 0.15) is 21.4 Å². The zero-order chi connectivity index (χ0) is 19.8. The SMILES string of the molecule is Cc1nc(-c2ccc(Cl)s2)sc1C(=O)Nc1ccc(F)c(-n2nnnc2C)c1. The normalized spacial score (nSPS) is 11.0. The van der Waals surface area contributed by atoms with Crippen LogP contribution >= 0.6 is 34.3 Å². The lowest BCUT2D eigenvalue weighted by Crippen LogP contribution is -2.12. The fraction of sp³-hybridized carbons (Fsp3) is 0.118. The average Bonchev–Trinajstić information content (AvgIpc) is 3.37. The Morgan fingerprint density at radius 2 is 2.04 bits per heavy atom. The summed E-state index contributed by atoms with van der Waals surface area (Å²) in [6.45, 7) is 3.42. The zero-order valence-corrected chi connectivity index (χ0v) is 17.0. The predicted molar refractivity (Wildman–Crippen MR) is 107 cm³/mol. The molecule has 3 heterocycles. The molecule has 142 valence electrons. The summed E-state index contributed by atoms with van der Waals surface area (Å²) in [6, 6.07) is 7.87. The third kappa shape index (κ3) is 3.53. The molecular formula is C17H12ClFN6OS2.